The smallest absolute Gasteiger partial charge is 0.430 e. The van der Waals surface area contributed by atoms with E-state index in [0.717, 1.165) is 108 Å². The lowest BCUT2D eigenvalue weighted by Crippen LogP contribution is -2.54. The van der Waals surface area contributed by atoms with Gasteiger partial charge < -0.3 is 79.9 Å². The SMILES string of the molecule is CCc1cc(Nc2nccn3c(-c4ccc(OC(F)F)c(F)c4F)cnc23)ccc1C(=O)N1CCC(C(=O)NCC2CC[N+](C)(CC3CNC3)C2)CC1.CCc1cc(Nc2nccn3c(-c4ccc(OC(F)F)c(F)c4F)cnc23)ccc1C(=O)N1CCC(C(=O)NCC2CC[N+](C)(CC3CNC3)C2)CC1.O=C([O-])C(F)(F)F.O=C[O-]. The number of carboxylic acid groups (broad SMARTS) is 2. The molecule has 6 N–H and O–H groups in total. The van der Waals surface area contributed by atoms with Gasteiger partial charge in [-0.05, 0) is 110 Å². The highest BCUT2D eigenvalue weighted by Crippen LogP contribution is 2.37. The van der Waals surface area contributed by atoms with Crippen LogP contribution in [0.1, 0.15) is 84.2 Å². The molecule has 0 spiro atoms. The van der Waals surface area contributed by atoms with Gasteiger partial charge in [0.05, 0.1) is 77.1 Å². The van der Waals surface area contributed by atoms with Crippen molar-refractivity contribution in [3.05, 3.63) is 143 Å². The molecule has 6 aliphatic heterocycles. The number of aliphatic carboxylic acids is 1. The zero-order chi connectivity index (χ0) is 83.3. The summed E-state index contributed by atoms with van der Waals surface area (Å²) in [5, 5.41) is 36.6. The highest BCUT2D eigenvalue weighted by Gasteiger charge is 2.41. The Balaban J connectivity index is 0.000000204. The number of hydrogen-bond donors (Lipinski definition) is 6. The van der Waals surface area contributed by atoms with E-state index < -0.39 is 66.6 Å². The summed E-state index contributed by atoms with van der Waals surface area (Å²) in [6, 6.07) is 15.0. The number of hydrogen-bond acceptors (Lipinski definition) is 18. The molecule has 4 unspecified atom stereocenters. The van der Waals surface area contributed by atoms with Crippen LogP contribution in [0.25, 0.3) is 33.8 Å². The number of ether oxygens (including phenoxy) is 2. The van der Waals surface area contributed by atoms with Crippen molar-refractivity contribution in [3.8, 4) is 34.0 Å². The van der Waals surface area contributed by atoms with E-state index in [2.05, 4.69) is 75.4 Å². The Labute approximate surface area is 660 Å². The van der Waals surface area contributed by atoms with Crippen LogP contribution < -0.4 is 51.6 Å². The molecule has 116 heavy (non-hydrogen) atoms. The molecule has 8 aromatic rings. The topological polar surface area (TPSA) is 306 Å². The molecule has 4 atom stereocenters. The van der Waals surface area contributed by atoms with Crippen LogP contribution >= 0.6 is 0 Å². The second-order valence-electron chi connectivity index (χ2n) is 30.4. The third kappa shape index (κ3) is 20.9. The van der Waals surface area contributed by atoms with Gasteiger partial charge in [-0.1, -0.05) is 13.8 Å². The number of carboxylic acids is 1. The van der Waals surface area contributed by atoms with Crippen LogP contribution in [0.3, 0.4) is 0 Å². The van der Waals surface area contributed by atoms with Gasteiger partial charge in [-0.3, -0.25) is 28.0 Å². The van der Waals surface area contributed by atoms with Crippen LogP contribution in [0.4, 0.5) is 71.3 Å². The first-order chi connectivity index (χ1) is 55.4. The Kier molecular flexibility index (Phi) is 28.1. The number of anilines is 4. The van der Waals surface area contributed by atoms with E-state index >= 15 is 0 Å². The van der Waals surface area contributed by atoms with Crippen LogP contribution in [0.5, 0.6) is 11.5 Å². The number of carbonyl (C=O) groups is 6. The minimum Gasteiger partial charge on any atom is -0.554 e. The lowest BCUT2D eigenvalue weighted by molar-refractivity contribution is -0.902. The summed E-state index contributed by atoms with van der Waals surface area (Å²) >= 11 is 0. The molecule has 4 amide bonds. The molecule has 10 heterocycles. The predicted molar refractivity (Wildman–Crippen MR) is 399 cm³/mol. The van der Waals surface area contributed by atoms with E-state index in [-0.39, 0.29) is 58.0 Å². The Morgan fingerprint density at radius 3 is 1.27 bits per heavy atom. The maximum absolute atomic E-state index is 14.9. The Bertz CT molecular complexity index is 4540. The predicted octanol–water partition coefficient (Wildman–Crippen LogP) is 8.14. The monoisotopic (exact) mass is 1630 g/mol. The number of nitrogens with one attached hydrogen (secondary N) is 6. The van der Waals surface area contributed by atoms with Crippen LogP contribution in [0.2, 0.25) is 0 Å². The number of carbonyl (C=O) groups excluding carboxylic acids is 6. The molecule has 26 nitrogen and oxygen atoms in total. The molecular formula is C79H91F11N16O10. The number of amides is 4. The molecule has 4 aromatic heterocycles. The maximum atomic E-state index is 14.9. The number of alkyl halides is 7. The first kappa shape index (κ1) is 86.1. The van der Waals surface area contributed by atoms with Crippen molar-refractivity contribution in [2.75, 3.05) is 129 Å². The van der Waals surface area contributed by atoms with Crippen LogP contribution in [-0.4, -0.2) is 222 Å². The Hall–Kier alpha value is -10.8. The molecule has 4 aromatic carbocycles. The van der Waals surface area contributed by atoms with Gasteiger partial charge in [0.1, 0.15) is 5.97 Å². The molecule has 14 rings (SSSR count). The number of aryl methyl sites for hydroxylation is 2. The van der Waals surface area contributed by atoms with E-state index in [1.165, 1.54) is 72.2 Å². The van der Waals surface area contributed by atoms with Crippen LogP contribution in [0, 0.1) is 58.8 Å². The van der Waals surface area contributed by atoms with Crippen LogP contribution in [-0.2, 0) is 32.0 Å². The standard InChI is InChI=1S/2C38H44F4N8O3.C2HF3O2.CH2O2/c2*1-3-25-16-27(47-34-35-45-20-30(49(35)14-11-44-34)29-6-7-31(53-38(41)42)33(40)32(29)39)4-5-28(25)37(52)48-12-8-26(9-13-48)36(51)46-19-23-10-15-50(2,21-23)22-24-17-43-18-24;3-2(4,5)1(6)7;2-1-3/h2*4-7,11,14,16,20,23-24,26,38,43H,3,8-10,12-13,15,17-19,21-22H2,1-2H3,(H-,44,46,47,51,52);(H,6,7);1H,(H,2,3). The van der Waals surface area contributed by atoms with Crippen molar-refractivity contribution in [1.29, 1.82) is 0 Å². The minimum atomic E-state index is -5.19. The van der Waals surface area contributed by atoms with Gasteiger partial charge in [0.2, 0.25) is 23.4 Å². The molecule has 0 saturated carbocycles. The lowest BCUT2D eigenvalue weighted by atomic mass is 9.94. The number of rotatable bonds is 24. The molecule has 6 saturated heterocycles. The van der Waals surface area contributed by atoms with Crippen molar-refractivity contribution in [1.82, 2.24) is 59.8 Å². The minimum absolute atomic E-state index is 0.0747. The van der Waals surface area contributed by atoms with Crippen molar-refractivity contribution in [2.45, 2.75) is 84.6 Å². The summed E-state index contributed by atoms with van der Waals surface area (Å²) in [4.78, 5) is 91.8. The fraction of sp³-hybridized carbons (Fsp3) is 0.468. The van der Waals surface area contributed by atoms with Crippen LogP contribution in [0.15, 0.2) is 97.8 Å². The fourth-order valence-corrected chi connectivity index (χ4v) is 16.1. The number of nitrogens with zero attached hydrogens (tertiary/aromatic N) is 10. The first-order valence-electron chi connectivity index (χ1n) is 38.3. The van der Waals surface area contributed by atoms with Gasteiger partial charge in [-0.2, -0.15) is 39.5 Å². The molecule has 37 heteroatoms. The lowest BCUT2D eigenvalue weighted by Gasteiger charge is -2.37. The summed E-state index contributed by atoms with van der Waals surface area (Å²) < 4.78 is 154. The number of quaternary nitrogens is 2. The molecule has 624 valence electrons. The van der Waals surface area contributed by atoms with Gasteiger partial charge in [0.15, 0.2) is 46.1 Å². The summed E-state index contributed by atoms with van der Waals surface area (Å²) in [5.74, 6) is -7.55. The Morgan fingerprint density at radius 2 is 0.940 bits per heavy atom. The summed E-state index contributed by atoms with van der Waals surface area (Å²) in [6.45, 7) is 11.7. The normalized spacial score (nSPS) is 19.9. The number of imidazole rings is 2. The molecule has 6 fully saturated rings. The second-order valence-corrected chi connectivity index (χ2v) is 30.4. The highest BCUT2D eigenvalue weighted by atomic mass is 19.4. The average molecular weight is 1630 g/mol. The first-order valence-corrected chi connectivity index (χ1v) is 38.3. The van der Waals surface area contributed by atoms with E-state index in [9.17, 15) is 67.5 Å². The summed E-state index contributed by atoms with van der Waals surface area (Å²) in [7, 11) is 4.68. The highest BCUT2D eigenvalue weighted by molar-refractivity contribution is 5.97. The summed E-state index contributed by atoms with van der Waals surface area (Å²) in [5.41, 5.74) is 4.70. The van der Waals surface area contributed by atoms with Crippen molar-refractivity contribution in [3.63, 3.8) is 0 Å². The zero-order valence-corrected chi connectivity index (χ0v) is 64.1. The van der Waals surface area contributed by atoms with E-state index in [1.807, 2.05) is 35.8 Å². The average Bonchev–Trinajstić information content (AvgIpc) is 1.60. The number of piperidine rings is 2. The van der Waals surface area contributed by atoms with Crippen molar-refractivity contribution in [2.24, 2.45) is 35.5 Å². The van der Waals surface area contributed by atoms with Gasteiger partial charge in [0.25, 0.3) is 11.8 Å². The molecule has 0 aliphatic carbocycles. The zero-order valence-electron chi connectivity index (χ0n) is 64.1. The quantitative estimate of drug-likeness (QED) is 0.0189. The van der Waals surface area contributed by atoms with E-state index in [4.69, 9.17) is 19.8 Å². The van der Waals surface area contributed by atoms with Gasteiger partial charge in [-0.25, -0.2) is 28.7 Å². The number of aromatic nitrogens is 6. The van der Waals surface area contributed by atoms with Gasteiger partial charge in [-0.15, -0.1) is 0 Å². The van der Waals surface area contributed by atoms with Gasteiger partial charge >= 0.3 is 19.4 Å². The largest absolute Gasteiger partial charge is 0.554 e. The van der Waals surface area contributed by atoms with Gasteiger partial charge in [0, 0.05) is 179 Å². The third-order valence-corrected chi connectivity index (χ3v) is 22.2. The fourth-order valence-electron chi connectivity index (χ4n) is 16.1. The number of fused-ring (bicyclic) bond motifs is 2. The summed E-state index contributed by atoms with van der Waals surface area (Å²) in [6.07, 6.45) is 9.39. The van der Waals surface area contributed by atoms with E-state index in [0.29, 0.717) is 135 Å². The molecule has 0 radical (unpaired) electrons. The molecule has 0 bridgehead atoms. The van der Waals surface area contributed by atoms with Crippen molar-refractivity contribution < 1.29 is 106 Å². The molecule has 6 aliphatic rings. The third-order valence-electron chi connectivity index (χ3n) is 22.2. The molecular weight excluding hydrogens is 1540 g/mol. The van der Waals surface area contributed by atoms with E-state index in [1.54, 1.807) is 24.3 Å². The number of likely N-dealkylation sites (tertiary alicyclic amines) is 4. The Morgan fingerprint density at radius 1 is 0.569 bits per heavy atom. The maximum Gasteiger partial charge on any atom is 0.430 e. The number of halogens is 11. The second kappa shape index (κ2) is 37.9. The number of benzene rings is 4. The van der Waals surface area contributed by atoms with Crippen molar-refractivity contribution >= 4 is 70.4 Å².